The smallest absolute Gasteiger partial charge is 0.122 e. The van der Waals surface area contributed by atoms with Crippen LogP contribution >= 0.6 is 23.4 Å². The van der Waals surface area contributed by atoms with Crippen molar-refractivity contribution in [3.63, 3.8) is 0 Å². The van der Waals surface area contributed by atoms with E-state index in [2.05, 4.69) is 13.8 Å². The molecule has 0 aliphatic carbocycles. The van der Waals surface area contributed by atoms with E-state index in [-0.39, 0.29) is 6.10 Å². The molecule has 2 nitrogen and oxygen atoms in total. The van der Waals surface area contributed by atoms with E-state index in [1.54, 1.807) is 24.9 Å². The van der Waals surface area contributed by atoms with Gasteiger partial charge < -0.3 is 9.84 Å². The molecule has 0 heterocycles. The molecule has 1 N–H and O–H groups in total. The second-order valence-electron chi connectivity index (χ2n) is 4.37. The molecule has 0 radical (unpaired) electrons. The van der Waals surface area contributed by atoms with Crippen molar-refractivity contribution in [2.75, 3.05) is 12.9 Å². The first kappa shape index (κ1) is 15.7. The van der Waals surface area contributed by atoms with Gasteiger partial charge in [-0.15, -0.1) is 0 Å². The molecule has 0 saturated carbocycles. The third-order valence-electron chi connectivity index (χ3n) is 2.85. The summed E-state index contributed by atoms with van der Waals surface area (Å²) in [6.45, 7) is 4.33. The van der Waals surface area contributed by atoms with Gasteiger partial charge in [0, 0.05) is 22.4 Å². The van der Waals surface area contributed by atoms with Crippen LogP contribution in [-0.4, -0.2) is 29.3 Å². The van der Waals surface area contributed by atoms with Crippen molar-refractivity contribution in [2.24, 2.45) is 0 Å². The normalized spacial score (nSPS) is 14.3. The summed E-state index contributed by atoms with van der Waals surface area (Å²) in [5, 5.41) is 11.3. The summed E-state index contributed by atoms with van der Waals surface area (Å²) in [5.41, 5.74) is 0.960. The van der Waals surface area contributed by atoms with Gasteiger partial charge in [-0.3, -0.25) is 0 Å². The molecule has 0 saturated heterocycles. The van der Waals surface area contributed by atoms with Crippen LogP contribution in [0.25, 0.3) is 0 Å². The van der Waals surface area contributed by atoms with Crippen molar-refractivity contribution < 1.29 is 9.84 Å². The highest BCUT2D eigenvalue weighted by atomic mass is 35.5. The summed E-state index contributed by atoms with van der Waals surface area (Å²) < 4.78 is 5.27. The first-order chi connectivity index (χ1) is 8.56. The topological polar surface area (TPSA) is 29.5 Å². The largest absolute Gasteiger partial charge is 0.496 e. The first-order valence-electron chi connectivity index (χ1n) is 6.18. The van der Waals surface area contributed by atoms with Gasteiger partial charge in [0.1, 0.15) is 5.75 Å². The summed E-state index contributed by atoms with van der Waals surface area (Å²) in [4.78, 5) is 0. The Labute approximate surface area is 119 Å². The van der Waals surface area contributed by atoms with Crippen molar-refractivity contribution in [3.05, 3.63) is 28.8 Å². The van der Waals surface area contributed by atoms with Gasteiger partial charge >= 0.3 is 0 Å². The van der Waals surface area contributed by atoms with Crippen molar-refractivity contribution in [3.8, 4) is 5.75 Å². The van der Waals surface area contributed by atoms with Crippen LogP contribution in [-0.2, 0) is 6.42 Å². The van der Waals surface area contributed by atoms with Crippen LogP contribution in [0.1, 0.15) is 25.8 Å². The van der Waals surface area contributed by atoms with Crippen molar-refractivity contribution >= 4 is 23.4 Å². The van der Waals surface area contributed by atoms with Gasteiger partial charge in [-0.1, -0.05) is 25.4 Å². The molecule has 1 aromatic rings. The monoisotopic (exact) mass is 288 g/mol. The van der Waals surface area contributed by atoms with Crippen LogP contribution in [0.5, 0.6) is 5.75 Å². The van der Waals surface area contributed by atoms with Gasteiger partial charge in [0.2, 0.25) is 0 Å². The van der Waals surface area contributed by atoms with Crippen LogP contribution < -0.4 is 4.74 Å². The second kappa shape index (κ2) is 7.93. The molecular formula is C14H21ClO2S. The van der Waals surface area contributed by atoms with Crippen LogP contribution in [0.3, 0.4) is 0 Å². The van der Waals surface area contributed by atoms with E-state index in [1.165, 1.54) is 0 Å². The Hall–Kier alpha value is -0.380. The number of halogens is 1. The van der Waals surface area contributed by atoms with Crippen LogP contribution in [0, 0.1) is 0 Å². The van der Waals surface area contributed by atoms with Crippen LogP contribution in [0.4, 0.5) is 0 Å². The fraction of sp³-hybridized carbons (Fsp3) is 0.571. The lowest BCUT2D eigenvalue weighted by Crippen LogP contribution is -2.16. The van der Waals surface area contributed by atoms with E-state index in [0.717, 1.165) is 23.5 Å². The molecule has 0 aliphatic heterocycles. The molecule has 1 aromatic carbocycles. The lowest BCUT2D eigenvalue weighted by molar-refractivity contribution is 0.198. The van der Waals surface area contributed by atoms with Crippen molar-refractivity contribution in [2.45, 2.75) is 38.0 Å². The highest BCUT2D eigenvalue weighted by Crippen LogP contribution is 2.25. The zero-order chi connectivity index (χ0) is 13.5. The molecule has 0 aliphatic rings. The fourth-order valence-electron chi connectivity index (χ4n) is 1.61. The maximum absolute atomic E-state index is 10.0. The minimum atomic E-state index is -0.364. The Morgan fingerprint density at radius 3 is 2.78 bits per heavy atom. The van der Waals surface area contributed by atoms with E-state index in [0.29, 0.717) is 16.7 Å². The third-order valence-corrected chi connectivity index (χ3v) is 4.56. The Morgan fingerprint density at radius 1 is 1.44 bits per heavy atom. The maximum Gasteiger partial charge on any atom is 0.122 e. The minimum absolute atomic E-state index is 0.364. The third kappa shape index (κ3) is 5.09. The molecule has 2 unspecified atom stereocenters. The van der Waals surface area contributed by atoms with Gasteiger partial charge in [0.15, 0.2) is 0 Å². The zero-order valence-corrected chi connectivity index (χ0v) is 12.7. The standard InChI is InChI=1S/C14H21ClO2S/c1-4-10(2)18-9-13(16)8-11-7-12(15)5-6-14(11)17-3/h5-7,10,13,16H,4,8-9H2,1-3H3. The highest BCUT2D eigenvalue weighted by molar-refractivity contribution is 7.99. The summed E-state index contributed by atoms with van der Waals surface area (Å²) >= 11 is 7.76. The lowest BCUT2D eigenvalue weighted by atomic mass is 10.1. The minimum Gasteiger partial charge on any atom is -0.496 e. The molecule has 0 fully saturated rings. The molecule has 0 amide bonds. The van der Waals surface area contributed by atoms with E-state index in [4.69, 9.17) is 16.3 Å². The highest BCUT2D eigenvalue weighted by Gasteiger charge is 2.12. The van der Waals surface area contributed by atoms with Gasteiger partial charge in [-0.2, -0.15) is 11.8 Å². The average molecular weight is 289 g/mol. The Kier molecular flexibility index (Phi) is 6.90. The van der Waals surface area contributed by atoms with Crippen LogP contribution in [0.2, 0.25) is 5.02 Å². The van der Waals surface area contributed by atoms with Gasteiger partial charge in [-0.05, 0) is 30.2 Å². The molecular weight excluding hydrogens is 268 g/mol. The number of methoxy groups -OCH3 is 1. The number of aliphatic hydroxyl groups is 1. The summed E-state index contributed by atoms with van der Waals surface area (Å²) in [6.07, 6.45) is 1.33. The predicted molar refractivity (Wildman–Crippen MR) is 79.9 cm³/mol. The predicted octanol–water partition coefficient (Wildman–Crippen LogP) is 3.78. The second-order valence-corrected chi connectivity index (χ2v) is 6.27. The van der Waals surface area contributed by atoms with E-state index < -0.39 is 0 Å². The maximum atomic E-state index is 10.0. The number of hydrogen-bond acceptors (Lipinski definition) is 3. The fourth-order valence-corrected chi connectivity index (χ4v) is 2.71. The number of rotatable bonds is 7. The Morgan fingerprint density at radius 2 is 2.17 bits per heavy atom. The molecule has 102 valence electrons. The van der Waals surface area contributed by atoms with E-state index in [9.17, 15) is 5.11 Å². The molecule has 2 atom stereocenters. The quantitative estimate of drug-likeness (QED) is 0.828. The average Bonchev–Trinajstić information content (AvgIpc) is 2.36. The Bertz CT molecular complexity index is 371. The number of ether oxygens (including phenoxy) is 1. The number of thioether (sulfide) groups is 1. The molecule has 18 heavy (non-hydrogen) atoms. The molecule has 0 spiro atoms. The van der Waals surface area contributed by atoms with Crippen molar-refractivity contribution in [1.29, 1.82) is 0 Å². The molecule has 0 aromatic heterocycles. The van der Waals surface area contributed by atoms with Gasteiger partial charge in [0.05, 0.1) is 13.2 Å². The molecule has 4 heteroatoms. The number of hydrogen-bond donors (Lipinski definition) is 1. The van der Waals surface area contributed by atoms with Crippen LogP contribution in [0.15, 0.2) is 18.2 Å². The first-order valence-corrected chi connectivity index (χ1v) is 7.61. The summed E-state index contributed by atoms with van der Waals surface area (Å²) in [5.74, 6) is 1.52. The SMILES string of the molecule is CCC(C)SCC(O)Cc1cc(Cl)ccc1OC. The summed E-state index contributed by atoms with van der Waals surface area (Å²) in [7, 11) is 1.63. The van der Waals surface area contributed by atoms with Crippen molar-refractivity contribution in [1.82, 2.24) is 0 Å². The summed E-state index contributed by atoms with van der Waals surface area (Å²) in [6, 6.07) is 5.49. The van der Waals surface area contributed by atoms with E-state index in [1.807, 2.05) is 12.1 Å². The Balaban J connectivity index is 2.57. The lowest BCUT2D eigenvalue weighted by Gasteiger charge is -2.15. The van der Waals surface area contributed by atoms with Gasteiger partial charge in [0.25, 0.3) is 0 Å². The van der Waals surface area contributed by atoms with E-state index >= 15 is 0 Å². The van der Waals surface area contributed by atoms with Gasteiger partial charge in [-0.25, -0.2) is 0 Å². The molecule has 0 bridgehead atoms. The molecule has 1 rings (SSSR count). The number of aliphatic hydroxyl groups excluding tert-OH is 1. The zero-order valence-electron chi connectivity index (χ0n) is 11.1. The number of benzene rings is 1.